The van der Waals surface area contributed by atoms with E-state index in [1.807, 2.05) is 20.8 Å². The molecule has 3 rings (SSSR count). The van der Waals surface area contributed by atoms with Crippen LogP contribution in [-0.2, 0) is 6.54 Å². The Labute approximate surface area is 167 Å². The highest BCUT2D eigenvalue weighted by molar-refractivity contribution is 6.35. The van der Waals surface area contributed by atoms with E-state index >= 15 is 0 Å². The predicted molar refractivity (Wildman–Crippen MR) is 106 cm³/mol. The van der Waals surface area contributed by atoms with Crippen molar-refractivity contribution >= 4 is 28.3 Å². The molecule has 1 aromatic heterocycles. The number of aryl methyl sites for hydroxylation is 1. The van der Waals surface area contributed by atoms with Crippen LogP contribution in [0.5, 0.6) is 0 Å². The Hall–Kier alpha value is -1.99. The highest BCUT2D eigenvalue weighted by atomic mass is 35.5. The summed E-state index contributed by atoms with van der Waals surface area (Å²) in [7, 11) is 0. The van der Waals surface area contributed by atoms with Crippen LogP contribution < -0.4 is 10.9 Å². The summed E-state index contributed by atoms with van der Waals surface area (Å²) in [5, 5.41) is 13.7. The first kappa shape index (κ1) is 22.3. The van der Waals surface area contributed by atoms with Gasteiger partial charge in [0.15, 0.2) is 0 Å². The first-order chi connectivity index (χ1) is 13.2. The maximum absolute atomic E-state index is 13.3. The van der Waals surface area contributed by atoms with E-state index in [1.54, 1.807) is 18.3 Å². The molecule has 0 unspecified atom stereocenters. The number of rotatable bonds is 3. The molecule has 5 nitrogen and oxygen atoms in total. The minimum atomic E-state index is -2.83. The summed E-state index contributed by atoms with van der Waals surface area (Å²) in [6.45, 7) is 6.30. The first-order valence-electron chi connectivity index (χ1n) is 9.40. The molecule has 0 bridgehead atoms. The van der Waals surface area contributed by atoms with Gasteiger partial charge in [-0.3, -0.25) is 9.59 Å². The van der Waals surface area contributed by atoms with E-state index in [0.29, 0.717) is 17.3 Å². The molecular weight excluding hydrogens is 390 g/mol. The molecule has 28 heavy (non-hydrogen) atoms. The predicted octanol–water partition coefficient (Wildman–Crippen LogP) is 4.33. The molecule has 1 saturated carbocycles. The summed E-state index contributed by atoms with van der Waals surface area (Å²) in [4.78, 5) is 25.2. The van der Waals surface area contributed by atoms with Crippen LogP contribution in [0.15, 0.2) is 29.2 Å². The van der Waals surface area contributed by atoms with Crippen LogP contribution >= 0.6 is 11.6 Å². The SMILES string of the molecule is CC.CCn1ccc2c(C(=O)NC3(O)CCC(F)(F)CC3)c(Cl)ccc2c1=O. The van der Waals surface area contributed by atoms with Crippen molar-refractivity contribution in [2.24, 2.45) is 0 Å². The summed E-state index contributed by atoms with van der Waals surface area (Å²) >= 11 is 6.16. The van der Waals surface area contributed by atoms with Crippen LogP contribution in [0, 0.1) is 0 Å². The third-order valence-electron chi connectivity index (χ3n) is 4.83. The van der Waals surface area contributed by atoms with Gasteiger partial charge in [0.2, 0.25) is 5.92 Å². The molecule has 1 amide bonds. The number of aromatic nitrogens is 1. The van der Waals surface area contributed by atoms with Crippen molar-refractivity contribution in [3.05, 3.63) is 45.3 Å². The highest BCUT2D eigenvalue weighted by Crippen LogP contribution is 2.37. The third-order valence-corrected chi connectivity index (χ3v) is 5.14. The Morgan fingerprint density at radius 2 is 1.79 bits per heavy atom. The number of alkyl halides is 2. The summed E-state index contributed by atoms with van der Waals surface area (Å²) in [5.74, 6) is -3.53. The summed E-state index contributed by atoms with van der Waals surface area (Å²) in [6.07, 6.45) is 0.0453. The molecule has 2 N–H and O–H groups in total. The standard InChI is InChI=1S/C18H19ClF2N2O3.C2H6/c1-2-23-10-5-11-12(16(23)25)3-4-13(19)14(11)15(24)22-18(26)8-6-17(20,21)7-9-18;1-2/h3-5,10,26H,2,6-9H2,1H3,(H,22,24);1-2H3. The van der Waals surface area contributed by atoms with E-state index in [1.165, 1.54) is 10.6 Å². The van der Waals surface area contributed by atoms with Crippen LogP contribution in [0.2, 0.25) is 5.02 Å². The number of hydrogen-bond donors (Lipinski definition) is 2. The van der Waals surface area contributed by atoms with Crippen LogP contribution in [-0.4, -0.2) is 27.2 Å². The fourth-order valence-corrected chi connectivity index (χ4v) is 3.50. The van der Waals surface area contributed by atoms with Crippen LogP contribution in [0.4, 0.5) is 8.78 Å². The van der Waals surface area contributed by atoms with Crippen molar-refractivity contribution in [3.63, 3.8) is 0 Å². The zero-order chi connectivity index (χ0) is 21.1. The van der Waals surface area contributed by atoms with Crippen molar-refractivity contribution in [2.45, 2.75) is 64.6 Å². The van der Waals surface area contributed by atoms with Gasteiger partial charge in [-0.15, -0.1) is 0 Å². The Bertz CT molecular complexity index is 918. The van der Waals surface area contributed by atoms with Crippen molar-refractivity contribution in [2.75, 3.05) is 0 Å². The van der Waals surface area contributed by atoms with E-state index in [4.69, 9.17) is 11.6 Å². The second-order valence-electron chi connectivity index (χ2n) is 6.63. The first-order valence-corrected chi connectivity index (χ1v) is 9.78. The highest BCUT2D eigenvalue weighted by Gasteiger charge is 2.43. The molecule has 1 aromatic carbocycles. The maximum atomic E-state index is 13.3. The summed E-state index contributed by atoms with van der Waals surface area (Å²) in [6, 6.07) is 4.60. The van der Waals surface area contributed by atoms with Gasteiger partial charge in [0, 0.05) is 49.2 Å². The maximum Gasteiger partial charge on any atom is 0.258 e. The number of benzene rings is 1. The van der Waals surface area contributed by atoms with Gasteiger partial charge in [-0.2, -0.15) is 0 Å². The molecule has 0 aliphatic heterocycles. The van der Waals surface area contributed by atoms with Crippen LogP contribution in [0.1, 0.15) is 56.8 Å². The number of aliphatic hydroxyl groups is 1. The second-order valence-corrected chi connectivity index (χ2v) is 7.04. The lowest BCUT2D eigenvalue weighted by atomic mass is 9.88. The van der Waals surface area contributed by atoms with Crippen LogP contribution in [0.25, 0.3) is 10.8 Å². The van der Waals surface area contributed by atoms with E-state index < -0.39 is 30.4 Å². The minimum Gasteiger partial charge on any atom is -0.371 e. The van der Waals surface area contributed by atoms with Crippen molar-refractivity contribution in [1.82, 2.24) is 9.88 Å². The topological polar surface area (TPSA) is 71.3 Å². The Balaban J connectivity index is 0.00000136. The summed E-state index contributed by atoms with van der Waals surface area (Å²) < 4.78 is 28.1. The lowest BCUT2D eigenvalue weighted by Gasteiger charge is -2.36. The molecular formula is C20H25ClF2N2O3. The molecule has 1 aliphatic rings. The fraction of sp³-hybridized carbons (Fsp3) is 0.500. The lowest BCUT2D eigenvalue weighted by Crippen LogP contribution is -2.52. The van der Waals surface area contributed by atoms with Gasteiger partial charge in [-0.05, 0) is 25.1 Å². The molecule has 1 heterocycles. The summed E-state index contributed by atoms with van der Waals surface area (Å²) in [5.41, 5.74) is -1.93. The van der Waals surface area contributed by atoms with Gasteiger partial charge in [0.25, 0.3) is 11.5 Å². The Morgan fingerprint density at radius 1 is 1.18 bits per heavy atom. The molecule has 0 saturated heterocycles. The normalized spacial score (nSPS) is 17.5. The second kappa shape index (κ2) is 8.57. The third kappa shape index (κ3) is 4.52. The average molecular weight is 415 g/mol. The number of amides is 1. The van der Waals surface area contributed by atoms with E-state index in [9.17, 15) is 23.5 Å². The molecule has 8 heteroatoms. The molecule has 154 valence electrons. The zero-order valence-electron chi connectivity index (χ0n) is 16.2. The van der Waals surface area contributed by atoms with Crippen molar-refractivity contribution in [1.29, 1.82) is 0 Å². The largest absolute Gasteiger partial charge is 0.371 e. The smallest absolute Gasteiger partial charge is 0.258 e. The number of nitrogens with one attached hydrogen (secondary N) is 1. The van der Waals surface area contributed by atoms with Gasteiger partial charge in [0.05, 0.1) is 10.6 Å². The van der Waals surface area contributed by atoms with E-state index in [2.05, 4.69) is 5.32 Å². The quantitative estimate of drug-likeness (QED) is 0.734. The number of carbonyl (C=O) groups excluding carboxylic acids is 1. The van der Waals surface area contributed by atoms with Gasteiger partial charge < -0.3 is 15.0 Å². The molecule has 2 aromatic rings. The van der Waals surface area contributed by atoms with Crippen molar-refractivity contribution in [3.8, 4) is 0 Å². The molecule has 1 fully saturated rings. The molecule has 0 spiro atoms. The number of carbonyl (C=O) groups is 1. The number of fused-ring (bicyclic) bond motifs is 1. The van der Waals surface area contributed by atoms with Gasteiger partial charge in [-0.1, -0.05) is 25.4 Å². The number of nitrogens with zero attached hydrogens (tertiary/aromatic N) is 1. The molecule has 0 atom stereocenters. The fourth-order valence-electron chi connectivity index (χ4n) is 3.25. The van der Waals surface area contributed by atoms with Crippen LogP contribution in [0.3, 0.4) is 0 Å². The minimum absolute atomic E-state index is 0.0512. The molecule has 0 radical (unpaired) electrons. The van der Waals surface area contributed by atoms with Crippen molar-refractivity contribution < 1.29 is 18.7 Å². The van der Waals surface area contributed by atoms with Gasteiger partial charge in [-0.25, -0.2) is 8.78 Å². The number of pyridine rings is 1. The van der Waals surface area contributed by atoms with Gasteiger partial charge >= 0.3 is 0 Å². The number of halogens is 3. The molecule has 1 aliphatic carbocycles. The lowest BCUT2D eigenvalue weighted by molar-refractivity contribution is -0.112. The monoisotopic (exact) mass is 414 g/mol. The van der Waals surface area contributed by atoms with E-state index in [0.717, 1.165) is 0 Å². The Kier molecular flexibility index (Phi) is 6.83. The zero-order valence-corrected chi connectivity index (χ0v) is 16.9. The number of hydrogen-bond acceptors (Lipinski definition) is 3. The van der Waals surface area contributed by atoms with E-state index in [-0.39, 0.29) is 29.0 Å². The van der Waals surface area contributed by atoms with Gasteiger partial charge in [0.1, 0.15) is 5.72 Å². The average Bonchev–Trinajstić information content (AvgIpc) is 2.66. The Morgan fingerprint density at radius 3 is 2.36 bits per heavy atom.